The molecule has 0 amide bonds. The number of sulfonamides is 1. The first kappa shape index (κ1) is 23.7. The lowest BCUT2D eigenvalue weighted by molar-refractivity contribution is -0.138. The number of hydrogen-bond acceptors (Lipinski definition) is 8. The van der Waals surface area contributed by atoms with Crippen LogP contribution >= 0.6 is 0 Å². The first-order valence-corrected chi connectivity index (χ1v) is 11.9. The lowest BCUT2D eigenvalue weighted by Gasteiger charge is -2.26. The van der Waals surface area contributed by atoms with Crippen molar-refractivity contribution in [2.24, 2.45) is 0 Å². The summed E-state index contributed by atoms with van der Waals surface area (Å²) < 4.78 is 47.6. The second-order valence-electron chi connectivity index (χ2n) is 7.48. The van der Waals surface area contributed by atoms with Crippen molar-refractivity contribution >= 4 is 33.0 Å². The van der Waals surface area contributed by atoms with Crippen LogP contribution < -0.4 is 10.4 Å². The second kappa shape index (κ2) is 10.2. The van der Waals surface area contributed by atoms with Crippen LogP contribution in [0.4, 0.5) is 0 Å². The van der Waals surface area contributed by atoms with E-state index in [1.54, 1.807) is 30.3 Å². The van der Waals surface area contributed by atoms with Gasteiger partial charge < -0.3 is 18.6 Å². The van der Waals surface area contributed by atoms with Gasteiger partial charge in [-0.25, -0.2) is 18.0 Å². The first-order valence-electron chi connectivity index (χ1n) is 10.5. The van der Waals surface area contributed by atoms with Gasteiger partial charge in [0.05, 0.1) is 25.2 Å². The highest BCUT2D eigenvalue weighted by molar-refractivity contribution is 7.89. The van der Waals surface area contributed by atoms with E-state index in [0.29, 0.717) is 54.1 Å². The van der Waals surface area contributed by atoms with E-state index in [1.807, 2.05) is 0 Å². The standard InChI is InChI=1S/C24H23NO8S/c1-30-19-5-8-21-18(14-24(27)33-22(21)15-19)16-32-23(26)9-4-17-2-6-20(7-3-17)34(28,29)25-10-12-31-13-11-25/h2-9,14-15H,10-13,16H2,1H3/b9-4+. The van der Waals surface area contributed by atoms with Gasteiger partial charge >= 0.3 is 11.6 Å². The second-order valence-corrected chi connectivity index (χ2v) is 9.42. The number of rotatable bonds is 7. The summed E-state index contributed by atoms with van der Waals surface area (Å²) in [4.78, 5) is 24.2. The summed E-state index contributed by atoms with van der Waals surface area (Å²) in [5, 5.41) is 0.634. The molecule has 0 atom stereocenters. The Morgan fingerprint density at radius 3 is 2.53 bits per heavy atom. The van der Waals surface area contributed by atoms with Crippen molar-refractivity contribution in [1.29, 1.82) is 0 Å². The van der Waals surface area contributed by atoms with Crippen molar-refractivity contribution in [1.82, 2.24) is 4.31 Å². The highest BCUT2D eigenvalue weighted by atomic mass is 32.2. The molecule has 0 spiro atoms. The van der Waals surface area contributed by atoms with E-state index >= 15 is 0 Å². The monoisotopic (exact) mass is 485 g/mol. The Kier molecular flexibility index (Phi) is 7.11. The molecule has 1 aliphatic rings. The van der Waals surface area contributed by atoms with Crippen molar-refractivity contribution in [3.63, 3.8) is 0 Å². The molecule has 2 aromatic carbocycles. The zero-order valence-electron chi connectivity index (χ0n) is 18.4. The maximum absolute atomic E-state index is 12.7. The lowest BCUT2D eigenvalue weighted by atomic mass is 10.1. The van der Waals surface area contributed by atoms with E-state index in [1.165, 1.54) is 41.8 Å². The number of esters is 1. The van der Waals surface area contributed by atoms with Gasteiger partial charge in [-0.05, 0) is 35.9 Å². The molecule has 2 heterocycles. The number of carbonyl (C=O) groups is 1. The largest absolute Gasteiger partial charge is 0.497 e. The molecular formula is C24H23NO8S. The minimum absolute atomic E-state index is 0.117. The van der Waals surface area contributed by atoms with Crippen LogP contribution in [-0.2, 0) is 30.9 Å². The van der Waals surface area contributed by atoms with Crippen molar-refractivity contribution in [2.75, 3.05) is 33.4 Å². The van der Waals surface area contributed by atoms with Crippen LogP contribution in [0.3, 0.4) is 0 Å². The predicted molar refractivity (Wildman–Crippen MR) is 124 cm³/mol. The maximum Gasteiger partial charge on any atom is 0.336 e. The molecule has 10 heteroatoms. The van der Waals surface area contributed by atoms with Crippen LogP contribution in [0.1, 0.15) is 11.1 Å². The summed E-state index contributed by atoms with van der Waals surface area (Å²) >= 11 is 0. The van der Waals surface area contributed by atoms with E-state index in [-0.39, 0.29) is 11.5 Å². The fourth-order valence-electron chi connectivity index (χ4n) is 3.50. The molecule has 1 saturated heterocycles. The molecule has 4 rings (SSSR count). The van der Waals surface area contributed by atoms with Crippen molar-refractivity contribution < 1.29 is 31.8 Å². The number of ether oxygens (including phenoxy) is 3. The number of carbonyl (C=O) groups excluding carboxylic acids is 1. The summed E-state index contributed by atoms with van der Waals surface area (Å²) in [7, 11) is -2.07. The SMILES string of the molecule is COc1ccc2c(COC(=O)/C=C/c3ccc(S(=O)(=O)N4CCOCC4)cc3)cc(=O)oc2c1. The third-order valence-electron chi connectivity index (χ3n) is 5.31. The topological polar surface area (TPSA) is 112 Å². The number of morpholine rings is 1. The molecule has 178 valence electrons. The van der Waals surface area contributed by atoms with Gasteiger partial charge in [-0.2, -0.15) is 4.31 Å². The fraction of sp³-hybridized carbons (Fsp3) is 0.250. The van der Waals surface area contributed by atoms with Gasteiger partial charge in [0.15, 0.2) is 0 Å². The molecule has 34 heavy (non-hydrogen) atoms. The van der Waals surface area contributed by atoms with Gasteiger partial charge in [-0.1, -0.05) is 12.1 Å². The Hall–Kier alpha value is -3.47. The quantitative estimate of drug-likeness (QED) is 0.285. The van der Waals surface area contributed by atoms with Crippen LogP contribution in [0.5, 0.6) is 5.75 Å². The molecule has 0 saturated carbocycles. The third-order valence-corrected chi connectivity index (χ3v) is 7.22. The summed E-state index contributed by atoms with van der Waals surface area (Å²) in [5.74, 6) is -0.0728. The van der Waals surface area contributed by atoms with Crippen LogP contribution in [-0.4, -0.2) is 52.1 Å². The molecule has 1 aromatic heterocycles. The van der Waals surface area contributed by atoms with Gasteiger partial charge in [-0.15, -0.1) is 0 Å². The van der Waals surface area contributed by atoms with E-state index < -0.39 is 21.6 Å². The molecule has 0 unspecified atom stereocenters. The number of benzene rings is 2. The molecular weight excluding hydrogens is 462 g/mol. The van der Waals surface area contributed by atoms with Crippen molar-refractivity contribution in [2.45, 2.75) is 11.5 Å². The van der Waals surface area contributed by atoms with Crippen LogP contribution in [0.25, 0.3) is 17.0 Å². The molecule has 9 nitrogen and oxygen atoms in total. The predicted octanol–water partition coefficient (Wildman–Crippen LogP) is 2.58. The van der Waals surface area contributed by atoms with Gasteiger partial charge in [0, 0.05) is 42.2 Å². The summed E-state index contributed by atoms with van der Waals surface area (Å²) in [6, 6.07) is 12.5. The number of nitrogens with zero attached hydrogens (tertiary/aromatic N) is 1. The minimum atomic E-state index is -3.58. The maximum atomic E-state index is 12.7. The molecule has 0 aliphatic carbocycles. The number of fused-ring (bicyclic) bond motifs is 1. The van der Waals surface area contributed by atoms with Gasteiger partial charge in [0.2, 0.25) is 10.0 Å². The summed E-state index contributed by atoms with van der Waals surface area (Å²) in [5.41, 5.74) is 0.916. The Morgan fingerprint density at radius 1 is 1.09 bits per heavy atom. The highest BCUT2D eigenvalue weighted by Gasteiger charge is 2.25. The molecule has 1 fully saturated rings. The third kappa shape index (κ3) is 5.36. The number of methoxy groups -OCH3 is 1. The van der Waals surface area contributed by atoms with Gasteiger partial charge in [0.25, 0.3) is 0 Å². The summed E-state index contributed by atoms with van der Waals surface area (Å²) in [6.07, 6.45) is 2.76. The smallest absolute Gasteiger partial charge is 0.336 e. The zero-order chi connectivity index (χ0) is 24.1. The van der Waals surface area contributed by atoms with Crippen LogP contribution in [0, 0.1) is 0 Å². The fourth-order valence-corrected chi connectivity index (χ4v) is 4.91. The first-order chi connectivity index (χ1) is 16.4. The molecule has 0 N–H and O–H groups in total. The van der Waals surface area contributed by atoms with Gasteiger partial charge in [-0.3, -0.25) is 0 Å². The Balaban J connectivity index is 1.40. The Morgan fingerprint density at radius 2 is 1.82 bits per heavy atom. The van der Waals surface area contributed by atoms with E-state index in [9.17, 15) is 18.0 Å². The average molecular weight is 486 g/mol. The normalized spacial score (nSPS) is 15.0. The minimum Gasteiger partial charge on any atom is -0.497 e. The zero-order valence-corrected chi connectivity index (χ0v) is 19.2. The van der Waals surface area contributed by atoms with Crippen molar-refractivity contribution in [3.05, 3.63) is 76.2 Å². The lowest BCUT2D eigenvalue weighted by Crippen LogP contribution is -2.40. The molecule has 1 aliphatic heterocycles. The van der Waals surface area contributed by atoms with E-state index in [2.05, 4.69) is 0 Å². The van der Waals surface area contributed by atoms with Crippen LogP contribution in [0.2, 0.25) is 0 Å². The van der Waals surface area contributed by atoms with Crippen molar-refractivity contribution in [3.8, 4) is 5.75 Å². The molecule has 0 bridgehead atoms. The molecule has 0 radical (unpaired) electrons. The van der Waals surface area contributed by atoms with E-state index in [0.717, 1.165) is 0 Å². The summed E-state index contributed by atoms with van der Waals surface area (Å²) in [6.45, 7) is 1.28. The number of hydrogen-bond donors (Lipinski definition) is 0. The molecule has 3 aromatic rings. The highest BCUT2D eigenvalue weighted by Crippen LogP contribution is 2.23. The van der Waals surface area contributed by atoms with E-state index in [4.69, 9.17) is 18.6 Å². The van der Waals surface area contributed by atoms with Crippen LogP contribution in [0.15, 0.2) is 68.7 Å². The Bertz CT molecular complexity index is 1370. The van der Waals surface area contributed by atoms with Gasteiger partial charge in [0.1, 0.15) is 17.9 Å². The Labute approximate surface area is 196 Å². The average Bonchev–Trinajstić information content (AvgIpc) is 2.86.